The summed E-state index contributed by atoms with van der Waals surface area (Å²) < 4.78 is 38.9. The molecule has 1 fully saturated rings. The van der Waals surface area contributed by atoms with Crippen LogP contribution in [0, 0.1) is 0 Å². The molecule has 0 bridgehead atoms. The number of hydrogen-bond acceptors (Lipinski definition) is 6. The summed E-state index contributed by atoms with van der Waals surface area (Å²) in [7, 11) is -3.57. The van der Waals surface area contributed by atoms with Crippen LogP contribution in [0.3, 0.4) is 0 Å². The molecule has 8 heteroatoms. The van der Waals surface area contributed by atoms with Crippen LogP contribution in [0.1, 0.15) is 56.9 Å². The topological polar surface area (TPSA) is 85.5 Å². The first kappa shape index (κ1) is 22.5. The van der Waals surface area contributed by atoms with Crippen molar-refractivity contribution in [1.29, 1.82) is 0 Å². The summed E-state index contributed by atoms with van der Waals surface area (Å²) in [4.78, 5) is 4.88. The first-order valence-corrected chi connectivity index (χ1v) is 12.5. The minimum atomic E-state index is -3.57. The largest absolute Gasteiger partial charge is 0.494 e. The molecule has 0 radical (unpaired) electrons. The predicted molar refractivity (Wildman–Crippen MR) is 122 cm³/mol. The van der Waals surface area contributed by atoms with Crippen molar-refractivity contribution < 1.29 is 17.7 Å². The molecular weight excluding hydrogens is 426 g/mol. The zero-order chi connectivity index (χ0) is 22.7. The van der Waals surface area contributed by atoms with Crippen molar-refractivity contribution in [3.8, 4) is 17.1 Å². The van der Waals surface area contributed by atoms with Crippen LogP contribution in [-0.4, -0.2) is 42.6 Å². The van der Waals surface area contributed by atoms with Crippen LogP contribution < -0.4 is 4.74 Å². The molecular formula is C24H29N3O4S. The number of hydrogen-bond donors (Lipinski definition) is 0. The van der Waals surface area contributed by atoms with Crippen molar-refractivity contribution in [3.05, 3.63) is 60.0 Å². The van der Waals surface area contributed by atoms with E-state index in [1.807, 2.05) is 43.3 Å². The number of sulfonamides is 1. The molecule has 1 aliphatic rings. The quantitative estimate of drug-likeness (QED) is 0.507. The third kappa shape index (κ3) is 4.71. The number of nitrogens with zero attached hydrogens (tertiary/aromatic N) is 3. The molecule has 2 aromatic carbocycles. The molecule has 32 heavy (non-hydrogen) atoms. The van der Waals surface area contributed by atoms with E-state index in [2.05, 4.69) is 24.0 Å². The summed E-state index contributed by atoms with van der Waals surface area (Å²) in [5.41, 5.74) is 1.95. The number of rotatable bonds is 7. The molecule has 1 saturated heterocycles. The van der Waals surface area contributed by atoms with Crippen molar-refractivity contribution in [1.82, 2.24) is 14.4 Å². The SMILES string of the molecule is CCOc1ccc(-c2noc(C3CCCN(S(=O)(=O)c4ccc(C(C)C)cc4)C3)n2)cc1. The number of benzene rings is 2. The molecule has 0 aliphatic carbocycles. The van der Waals surface area contributed by atoms with Gasteiger partial charge in [0, 0.05) is 18.7 Å². The van der Waals surface area contributed by atoms with E-state index >= 15 is 0 Å². The smallest absolute Gasteiger partial charge is 0.243 e. The van der Waals surface area contributed by atoms with Gasteiger partial charge in [0.05, 0.1) is 17.4 Å². The van der Waals surface area contributed by atoms with Gasteiger partial charge in [0.1, 0.15) is 5.75 Å². The van der Waals surface area contributed by atoms with E-state index in [1.165, 1.54) is 4.31 Å². The van der Waals surface area contributed by atoms with E-state index in [9.17, 15) is 8.42 Å². The molecule has 170 valence electrons. The minimum absolute atomic E-state index is 0.127. The van der Waals surface area contributed by atoms with Crippen LogP contribution in [0.2, 0.25) is 0 Å². The zero-order valence-corrected chi connectivity index (χ0v) is 19.5. The molecule has 4 rings (SSSR count). The zero-order valence-electron chi connectivity index (χ0n) is 18.7. The Kier molecular flexibility index (Phi) is 6.62. The van der Waals surface area contributed by atoms with Crippen molar-refractivity contribution >= 4 is 10.0 Å². The van der Waals surface area contributed by atoms with Gasteiger partial charge >= 0.3 is 0 Å². The summed E-state index contributed by atoms with van der Waals surface area (Å²) in [5, 5.41) is 4.11. The molecule has 0 N–H and O–H groups in total. The highest BCUT2D eigenvalue weighted by Crippen LogP contribution is 2.31. The van der Waals surface area contributed by atoms with Crippen LogP contribution in [0.15, 0.2) is 57.9 Å². The van der Waals surface area contributed by atoms with E-state index in [0.29, 0.717) is 42.2 Å². The van der Waals surface area contributed by atoms with Gasteiger partial charge in [-0.15, -0.1) is 0 Å². The van der Waals surface area contributed by atoms with Crippen molar-refractivity contribution in [3.63, 3.8) is 0 Å². The molecule has 7 nitrogen and oxygen atoms in total. The summed E-state index contributed by atoms with van der Waals surface area (Å²) >= 11 is 0. The van der Waals surface area contributed by atoms with Gasteiger partial charge in [0.2, 0.25) is 21.7 Å². The Bertz CT molecular complexity index is 1140. The van der Waals surface area contributed by atoms with Gasteiger partial charge in [0.15, 0.2) is 0 Å². The second-order valence-corrected chi connectivity index (χ2v) is 10.3. The van der Waals surface area contributed by atoms with E-state index in [1.54, 1.807) is 12.1 Å². The summed E-state index contributed by atoms with van der Waals surface area (Å²) in [6, 6.07) is 14.7. The van der Waals surface area contributed by atoms with Crippen molar-refractivity contribution in [2.24, 2.45) is 0 Å². The van der Waals surface area contributed by atoms with Gasteiger partial charge in [-0.3, -0.25) is 0 Å². The first-order valence-electron chi connectivity index (χ1n) is 11.1. The molecule has 1 atom stereocenters. The average molecular weight is 456 g/mol. The molecule has 1 aliphatic heterocycles. The Morgan fingerprint density at radius 3 is 2.50 bits per heavy atom. The maximum absolute atomic E-state index is 13.2. The van der Waals surface area contributed by atoms with E-state index in [4.69, 9.17) is 9.26 Å². The van der Waals surface area contributed by atoms with Crippen LogP contribution in [0.25, 0.3) is 11.4 Å². The fourth-order valence-electron chi connectivity index (χ4n) is 3.92. The highest BCUT2D eigenvalue weighted by atomic mass is 32.2. The van der Waals surface area contributed by atoms with Crippen LogP contribution in [-0.2, 0) is 10.0 Å². The van der Waals surface area contributed by atoms with Gasteiger partial charge in [-0.05, 0) is 67.6 Å². The Labute approximate surface area is 189 Å². The molecule has 1 aromatic heterocycles. The molecule has 3 aromatic rings. The standard InChI is InChI=1S/C24H29N3O4S/c1-4-30-21-11-7-19(8-12-21)23-25-24(31-26-23)20-6-5-15-27(16-20)32(28,29)22-13-9-18(10-14-22)17(2)3/h7-14,17,20H,4-6,15-16H2,1-3H3. The number of aromatic nitrogens is 2. The third-order valence-corrected chi connectivity index (χ3v) is 7.66. The van der Waals surface area contributed by atoms with Gasteiger partial charge in [-0.25, -0.2) is 8.42 Å². The second kappa shape index (κ2) is 9.42. The minimum Gasteiger partial charge on any atom is -0.494 e. The average Bonchev–Trinajstić information content (AvgIpc) is 3.30. The Balaban J connectivity index is 1.49. The highest BCUT2D eigenvalue weighted by molar-refractivity contribution is 7.89. The molecule has 0 spiro atoms. The number of ether oxygens (including phenoxy) is 1. The Morgan fingerprint density at radius 2 is 1.84 bits per heavy atom. The highest BCUT2D eigenvalue weighted by Gasteiger charge is 2.33. The summed E-state index contributed by atoms with van der Waals surface area (Å²) in [6.45, 7) is 7.54. The molecule has 0 amide bonds. The lowest BCUT2D eigenvalue weighted by atomic mass is 10.00. The van der Waals surface area contributed by atoms with E-state index in [0.717, 1.165) is 29.7 Å². The summed E-state index contributed by atoms with van der Waals surface area (Å²) in [5.74, 6) is 1.98. The maximum Gasteiger partial charge on any atom is 0.243 e. The third-order valence-electron chi connectivity index (χ3n) is 5.78. The van der Waals surface area contributed by atoms with Crippen LogP contribution in [0.5, 0.6) is 5.75 Å². The van der Waals surface area contributed by atoms with Gasteiger partial charge in [-0.1, -0.05) is 31.1 Å². The van der Waals surface area contributed by atoms with Crippen LogP contribution in [0.4, 0.5) is 0 Å². The van der Waals surface area contributed by atoms with Crippen LogP contribution >= 0.6 is 0 Å². The van der Waals surface area contributed by atoms with Crippen molar-refractivity contribution in [2.45, 2.75) is 50.3 Å². The number of piperidine rings is 1. The Morgan fingerprint density at radius 1 is 1.12 bits per heavy atom. The Hall–Kier alpha value is -2.71. The van der Waals surface area contributed by atoms with E-state index in [-0.39, 0.29) is 5.92 Å². The fraction of sp³-hybridized carbons (Fsp3) is 0.417. The normalized spacial score (nSPS) is 17.6. The first-order chi connectivity index (χ1) is 15.4. The van der Waals surface area contributed by atoms with Gasteiger partial charge < -0.3 is 9.26 Å². The lowest BCUT2D eigenvalue weighted by molar-refractivity contribution is 0.265. The fourth-order valence-corrected chi connectivity index (χ4v) is 5.45. The van der Waals surface area contributed by atoms with Gasteiger partial charge in [-0.2, -0.15) is 9.29 Å². The maximum atomic E-state index is 13.2. The lowest BCUT2D eigenvalue weighted by Crippen LogP contribution is -2.39. The molecule has 2 heterocycles. The summed E-state index contributed by atoms with van der Waals surface area (Å²) in [6.07, 6.45) is 1.55. The lowest BCUT2D eigenvalue weighted by Gasteiger charge is -2.30. The molecule has 1 unspecified atom stereocenters. The second-order valence-electron chi connectivity index (χ2n) is 8.34. The molecule has 0 saturated carbocycles. The van der Waals surface area contributed by atoms with Gasteiger partial charge in [0.25, 0.3) is 0 Å². The van der Waals surface area contributed by atoms with E-state index < -0.39 is 10.0 Å². The monoisotopic (exact) mass is 455 g/mol. The van der Waals surface area contributed by atoms with Crippen molar-refractivity contribution in [2.75, 3.05) is 19.7 Å². The predicted octanol–water partition coefficient (Wildman–Crippen LogP) is 4.83.